The van der Waals surface area contributed by atoms with Gasteiger partial charge >= 0.3 is 11.8 Å². The zero-order valence-corrected chi connectivity index (χ0v) is 28.1. The third-order valence-electron chi connectivity index (χ3n) is 7.84. The molecular formula is C35H33F2N7O5S. The summed E-state index contributed by atoms with van der Waals surface area (Å²) in [5, 5.41) is 14.7. The first-order chi connectivity index (χ1) is 24.1. The van der Waals surface area contributed by atoms with Crippen LogP contribution in [0.25, 0.3) is 10.5 Å². The molecule has 0 aliphatic carbocycles. The number of aromatic amines is 2. The molecule has 3 aromatic heterocycles. The Bertz CT molecular complexity index is 2160. The summed E-state index contributed by atoms with van der Waals surface area (Å²) in [4.78, 5) is 49.4. The fourth-order valence-electron chi connectivity index (χ4n) is 5.68. The van der Waals surface area contributed by atoms with Gasteiger partial charge in [0.2, 0.25) is 5.88 Å². The van der Waals surface area contributed by atoms with Crippen molar-refractivity contribution in [3.05, 3.63) is 134 Å². The van der Waals surface area contributed by atoms with Gasteiger partial charge in [0, 0.05) is 45.5 Å². The second-order valence-corrected chi connectivity index (χ2v) is 14.9. The van der Waals surface area contributed by atoms with Crippen molar-refractivity contribution in [2.24, 2.45) is 5.92 Å². The van der Waals surface area contributed by atoms with E-state index in [2.05, 4.69) is 35.8 Å². The summed E-state index contributed by atoms with van der Waals surface area (Å²) >= 11 is 0. The van der Waals surface area contributed by atoms with Crippen LogP contribution in [0.15, 0.2) is 93.6 Å². The molecule has 1 atom stereocenters. The second kappa shape index (κ2) is 14.4. The van der Waals surface area contributed by atoms with E-state index in [1.807, 2.05) is 13.8 Å². The molecule has 1 unspecified atom stereocenters. The Balaban J connectivity index is 1.57. The van der Waals surface area contributed by atoms with Crippen LogP contribution in [-0.4, -0.2) is 50.8 Å². The monoisotopic (exact) mass is 701 g/mol. The van der Waals surface area contributed by atoms with Gasteiger partial charge in [-0.15, -0.1) is 10.2 Å². The average molecular weight is 702 g/mol. The Kier molecular flexibility index (Phi) is 9.88. The summed E-state index contributed by atoms with van der Waals surface area (Å²) in [6.07, 6.45) is 0.708. The van der Waals surface area contributed by atoms with Crippen LogP contribution in [0, 0.1) is 17.6 Å². The molecule has 1 amide bonds. The van der Waals surface area contributed by atoms with E-state index in [9.17, 15) is 14.4 Å². The number of nitrogens with one attached hydrogen (secondary N) is 4. The van der Waals surface area contributed by atoms with Crippen molar-refractivity contribution >= 4 is 32.4 Å². The fourth-order valence-corrected chi connectivity index (χ4v) is 9.84. The number of ether oxygens (including phenoxy) is 2. The number of carbonyl (C=O) groups excluding carboxylic acids is 1. The minimum atomic E-state index is -2.78. The SMILES string of the molecule is COc1ccc(C2=C(c3ccc(NC(=O)Oc4ccccc4)nc3)S(CNCC(C)C)(Cc3c(F)cccc3F)c3[nH]c(=O)[nH]c(=O)c32)nn1. The van der Waals surface area contributed by atoms with Crippen LogP contribution in [0.5, 0.6) is 11.6 Å². The summed E-state index contributed by atoms with van der Waals surface area (Å²) in [5.41, 5.74) is -0.608. The number of hydrogen-bond donors (Lipinski definition) is 4. The molecule has 4 heterocycles. The number of para-hydroxylation sites is 1. The Morgan fingerprint density at radius 1 is 0.940 bits per heavy atom. The molecule has 0 fully saturated rings. The van der Waals surface area contributed by atoms with Crippen molar-refractivity contribution in [1.29, 1.82) is 0 Å². The van der Waals surface area contributed by atoms with Crippen LogP contribution in [0.4, 0.5) is 19.4 Å². The maximum Gasteiger partial charge on any atom is 0.418 e. The van der Waals surface area contributed by atoms with E-state index in [0.29, 0.717) is 28.3 Å². The minimum Gasteiger partial charge on any atom is -0.480 e. The number of rotatable bonds is 11. The first-order valence-corrected chi connectivity index (χ1v) is 17.5. The minimum absolute atomic E-state index is 0.0887. The number of fused-ring (bicyclic) bond motifs is 1. The molecule has 2 aromatic carbocycles. The highest BCUT2D eigenvalue weighted by Crippen LogP contribution is 2.73. The normalized spacial score (nSPS) is 16.5. The highest BCUT2D eigenvalue weighted by molar-refractivity contribution is 8.40. The van der Waals surface area contributed by atoms with Gasteiger partial charge in [0.15, 0.2) is 0 Å². The Morgan fingerprint density at radius 3 is 2.34 bits per heavy atom. The van der Waals surface area contributed by atoms with E-state index < -0.39 is 39.0 Å². The zero-order chi connectivity index (χ0) is 35.4. The van der Waals surface area contributed by atoms with Crippen molar-refractivity contribution in [3.63, 3.8) is 0 Å². The Hall–Kier alpha value is -5.67. The number of H-pyrrole nitrogens is 2. The molecule has 0 saturated heterocycles. The predicted molar refractivity (Wildman–Crippen MR) is 186 cm³/mol. The van der Waals surface area contributed by atoms with Gasteiger partial charge in [-0.3, -0.25) is 15.1 Å². The Labute approximate surface area is 286 Å². The standard InChI is InChI=1S/C35H33F2N7O5S/c1-20(2)16-38-19-50(18-23-24(36)10-7-11-25(23)37)31(21-12-14-27(39-17-21)40-35(47)49-22-8-5-4-6-9-22)29(26-13-15-28(48-3)44-43-26)30-32(45)41-34(46)42-33(30)50/h4-15,17,20,38H,16,18-19H2,1-3H3,(H,39,40,47)(H2,41,42,45,46). The number of anilines is 1. The van der Waals surface area contributed by atoms with Crippen LogP contribution in [0.1, 0.15) is 36.2 Å². The molecular weight excluding hydrogens is 668 g/mol. The van der Waals surface area contributed by atoms with Crippen molar-refractivity contribution in [2.75, 3.05) is 24.8 Å². The molecule has 4 N–H and O–H groups in total. The van der Waals surface area contributed by atoms with Crippen LogP contribution in [-0.2, 0) is 5.75 Å². The van der Waals surface area contributed by atoms with Crippen molar-refractivity contribution in [3.8, 4) is 11.6 Å². The van der Waals surface area contributed by atoms with E-state index in [1.165, 1.54) is 37.6 Å². The number of methoxy groups -OCH3 is 1. The number of aromatic nitrogens is 5. The van der Waals surface area contributed by atoms with Crippen molar-refractivity contribution in [1.82, 2.24) is 30.5 Å². The van der Waals surface area contributed by atoms with E-state index in [0.717, 1.165) is 0 Å². The van der Waals surface area contributed by atoms with E-state index >= 15 is 8.78 Å². The number of amides is 1. The number of nitrogens with zero attached hydrogens (tertiary/aromatic N) is 3. The molecule has 1 aliphatic rings. The van der Waals surface area contributed by atoms with E-state index in [1.54, 1.807) is 48.5 Å². The third kappa shape index (κ3) is 6.91. The predicted octanol–water partition coefficient (Wildman–Crippen LogP) is 5.64. The van der Waals surface area contributed by atoms with Crippen molar-refractivity contribution in [2.45, 2.75) is 24.6 Å². The zero-order valence-electron chi connectivity index (χ0n) is 27.3. The largest absolute Gasteiger partial charge is 0.480 e. The Morgan fingerprint density at radius 2 is 1.70 bits per heavy atom. The fraction of sp³-hybridized carbons (Fsp3) is 0.200. The summed E-state index contributed by atoms with van der Waals surface area (Å²) in [6.45, 7) is 4.54. The summed E-state index contributed by atoms with van der Waals surface area (Å²) in [7, 11) is -1.35. The topological polar surface area (TPSA) is 164 Å². The summed E-state index contributed by atoms with van der Waals surface area (Å²) in [5.74, 6) is -0.759. The van der Waals surface area contributed by atoms with Crippen molar-refractivity contribution < 1.29 is 23.0 Å². The lowest BCUT2D eigenvalue weighted by Gasteiger charge is -2.40. The van der Waals surface area contributed by atoms with Gasteiger partial charge in [0.25, 0.3) is 5.56 Å². The molecule has 0 spiro atoms. The summed E-state index contributed by atoms with van der Waals surface area (Å²) < 4.78 is 41.6. The first-order valence-electron chi connectivity index (χ1n) is 15.5. The number of pyridine rings is 1. The maximum atomic E-state index is 15.5. The number of halogens is 2. The van der Waals surface area contributed by atoms with E-state index in [4.69, 9.17) is 9.47 Å². The number of hydrogen-bond acceptors (Lipinski definition) is 9. The van der Waals surface area contributed by atoms with Crippen LogP contribution < -0.4 is 31.4 Å². The average Bonchev–Trinajstić information content (AvgIpc) is 3.37. The lowest BCUT2D eigenvalue weighted by Crippen LogP contribution is -2.30. The molecule has 15 heteroatoms. The molecule has 258 valence electrons. The van der Waals surface area contributed by atoms with Crippen LogP contribution >= 0.6 is 10.0 Å². The molecule has 0 radical (unpaired) electrons. The highest BCUT2D eigenvalue weighted by atomic mass is 32.3. The van der Waals surface area contributed by atoms with Gasteiger partial charge in [-0.2, -0.15) is 10.0 Å². The quantitative estimate of drug-likeness (QED) is 0.128. The van der Waals surface area contributed by atoms with Gasteiger partial charge in [-0.25, -0.2) is 23.4 Å². The number of benzene rings is 2. The molecule has 50 heavy (non-hydrogen) atoms. The number of carbonyl (C=O) groups is 1. The van der Waals surface area contributed by atoms with Crippen LogP contribution in [0.3, 0.4) is 0 Å². The first kappa shape index (κ1) is 34.2. The second-order valence-electron chi connectivity index (χ2n) is 11.8. The molecule has 1 aliphatic heterocycles. The van der Waals surface area contributed by atoms with Gasteiger partial charge in [-0.1, -0.05) is 38.1 Å². The molecule has 12 nitrogen and oxygen atoms in total. The lowest BCUT2D eigenvalue weighted by atomic mass is 10.0. The van der Waals surface area contributed by atoms with Gasteiger partial charge < -0.3 is 19.8 Å². The maximum absolute atomic E-state index is 15.5. The third-order valence-corrected chi connectivity index (χ3v) is 11.6. The molecule has 6 rings (SSSR count). The summed E-state index contributed by atoms with van der Waals surface area (Å²) in [6, 6.07) is 18.5. The molecule has 0 saturated carbocycles. The van der Waals surface area contributed by atoms with Gasteiger partial charge in [0.1, 0.15) is 23.2 Å². The van der Waals surface area contributed by atoms with Crippen LogP contribution in [0.2, 0.25) is 0 Å². The smallest absolute Gasteiger partial charge is 0.418 e. The van der Waals surface area contributed by atoms with Gasteiger partial charge in [0.05, 0.1) is 23.4 Å². The molecule has 5 aromatic rings. The van der Waals surface area contributed by atoms with Gasteiger partial charge in [-0.05, 0) is 54.9 Å². The lowest BCUT2D eigenvalue weighted by molar-refractivity contribution is 0.215. The highest BCUT2D eigenvalue weighted by Gasteiger charge is 2.46. The molecule has 0 bridgehead atoms. The van der Waals surface area contributed by atoms with E-state index in [-0.39, 0.29) is 51.1 Å².